The molecule has 0 bridgehead atoms. The molecule has 0 aliphatic heterocycles. The van der Waals surface area contributed by atoms with E-state index in [0.29, 0.717) is 6.42 Å². The van der Waals surface area contributed by atoms with Gasteiger partial charge in [0.1, 0.15) is 0 Å². The van der Waals surface area contributed by atoms with Crippen molar-refractivity contribution in [3.05, 3.63) is 36.5 Å². The van der Waals surface area contributed by atoms with Gasteiger partial charge in [-0.25, -0.2) is 0 Å². The fourth-order valence-electron chi connectivity index (χ4n) is 1.22. The van der Waals surface area contributed by atoms with Gasteiger partial charge in [-0.1, -0.05) is 43.4 Å². The van der Waals surface area contributed by atoms with Gasteiger partial charge in [0, 0.05) is 6.42 Å². The summed E-state index contributed by atoms with van der Waals surface area (Å²) in [5, 5.41) is 0. The second-order valence-electron chi connectivity index (χ2n) is 3.65. The van der Waals surface area contributed by atoms with Crippen LogP contribution in [0.5, 0.6) is 0 Å². The topological polar surface area (TPSA) is 43.1 Å². The first kappa shape index (κ1) is 14.7. The molecule has 0 rings (SSSR count). The zero-order chi connectivity index (χ0) is 12.1. The number of carbonyl (C=O) groups excluding carboxylic acids is 1. The van der Waals surface area contributed by atoms with Gasteiger partial charge in [-0.15, -0.1) is 0 Å². The van der Waals surface area contributed by atoms with Gasteiger partial charge in [-0.05, 0) is 32.1 Å². The summed E-state index contributed by atoms with van der Waals surface area (Å²) in [6, 6.07) is 0. The highest BCUT2D eigenvalue weighted by atomic mass is 16.1. The number of nitrogens with two attached hydrogens (primary N) is 1. The second-order valence-corrected chi connectivity index (χ2v) is 3.65. The molecule has 0 aromatic heterocycles. The van der Waals surface area contributed by atoms with Crippen molar-refractivity contribution in [1.29, 1.82) is 0 Å². The van der Waals surface area contributed by atoms with Gasteiger partial charge >= 0.3 is 0 Å². The number of hydrogen-bond donors (Lipinski definition) is 1. The molecule has 0 spiro atoms. The Morgan fingerprint density at radius 1 is 1.00 bits per heavy atom. The number of allylic oxidation sites excluding steroid dienone is 6. The Labute approximate surface area is 98.9 Å². The first-order chi connectivity index (χ1) is 7.77. The van der Waals surface area contributed by atoms with Crippen LogP contribution in [-0.2, 0) is 4.79 Å². The molecule has 2 heteroatoms. The van der Waals surface area contributed by atoms with Gasteiger partial charge in [0.25, 0.3) is 0 Å². The van der Waals surface area contributed by atoms with Crippen molar-refractivity contribution in [2.24, 2.45) is 5.73 Å². The highest BCUT2D eigenvalue weighted by Gasteiger charge is 1.90. The normalized spacial score (nSPS) is 12.1. The Bertz CT molecular complexity index is 251. The highest BCUT2D eigenvalue weighted by Crippen LogP contribution is 1.98. The van der Waals surface area contributed by atoms with Gasteiger partial charge in [-0.2, -0.15) is 0 Å². The Morgan fingerprint density at radius 3 is 2.12 bits per heavy atom. The third-order valence-corrected chi connectivity index (χ3v) is 2.07. The van der Waals surface area contributed by atoms with E-state index in [1.165, 1.54) is 0 Å². The maximum Gasteiger partial charge on any atom is 0.217 e. The number of hydrogen-bond acceptors (Lipinski definition) is 1. The van der Waals surface area contributed by atoms with Crippen LogP contribution in [0.2, 0.25) is 0 Å². The maximum atomic E-state index is 10.4. The molecule has 0 aliphatic carbocycles. The third kappa shape index (κ3) is 12.7. The molecule has 2 nitrogen and oxygen atoms in total. The van der Waals surface area contributed by atoms with Gasteiger partial charge < -0.3 is 5.73 Å². The summed E-state index contributed by atoms with van der Waals surface area (Å²) in [7, 11) is 0. The van der Waals surface area contributed by atoms with Gasteiger partial charge in [-0.3, -0.25) is 4.79 Å². The maximum absolute atomic E-state index is 10.4. The van der Waals surface area contributed by atoms with Crippen LogP contribution in [-0.4, -0.2) is 5.91 Å². The summed E-state index contributed by atoms with van der Waals surface area (Å²) in [4.78, 5) is 10.4. The fourth-order valence-corrected chi connectivity index (χ4v) is 1.22. The van der Waals surface area contributed by atoms with Crippen LogP contribution in [0.15, 0.2) is 36.5 Å². The lowest BCUT2D eigenvalue weighted by Gasteiger charge is -1.90. The van der Waals surface area contributed by atoms with E-state index in [1.54, 1.807) is 0 Å². The zero-order valence-corrected chi connectivity index (χ0v) is 10.2. The average Bonchev–Trinajstić information content (AvgIpc) is 2.25. The summed E-state index contributed by atoms with van der Waals surface area (Å²) in [5.74, 6) is -0.212. The Balaban J connectivity index is 3.33. The van der Waals surface area contributed by atoms with E-state index in [9.17, 15) is 4.79 Å². The molecule has 1 amide bonds. The van der Waals surface area contributed by atoms with Crippen LogP contribution in [0.3, 0.4) is 0 Å². The van der Waals surface area contributed by atoms with Crippen LogP contribution in [0, 0.1) is 0 Å². The summed E-state index contributed by atoms with van der Waals surface area (Å²) in [6.45, 7) is 2.13. The van der Waals surface area contributed by atoms with Gasteiger partial charge in [0.2, 0.25) is 5.91 Å². The number of carbonyl (C=O) groups is 1. The summed E-state index contributed by atoms with van der Waals surface area (Å²) >= 11 is 0. The standard InChI is InChI=1S/C14H23NO/c1-2-3-4-5-6-7-8-9-10-11-12-13-14(15)16/h3-4,6-7,9-10H,2,5,8,11-13H2,1H3,(H2,15,16)/b4-3-,7-6-,10-9-. The van der Waals surface area contributed by atoms with E-state index in [-0.39, 0.29) is 5.91 Å². The molecule has 0 aliphatic rings. The molecule has 0 fully saturated rings. The van der Waals surface area contributed by atoms with Crippen molar-refractivity contribution in [3.63, 3.8) is 0 Å². The van der Waals surface area contributed by atoms with E-state index in [1.807, 2.05) is 0 Å². The Hall–Kier alpha value is -1.31. The van der Waals surface area contributed by atoms with Crippen LogP contribution in [0.1, 0.15) is 45.4 Å². The minimum Gasteiger partial charge on any atom is -0.370 e. The predicted octanol–water partition coefficient (Wildman–Crippen LogP) is 3.50. The molecule has 0 heterocycles. The van der Waals surface area contributed by atoms with Crippen molar-refractivity contribution in [3.8, 4) is 0 Å². The molecule has 0 radical (unpaired) electrons. The first-order valence-electron chi connectivity index (χ1n) is 6.00. The quantitative estimate of drug-likeness (QED) is 0.470. The molecule has 90 valence electrons. The molecule has 0 aromatic rings. The van der Waals surface area contributed by atoms with Crippen molar-refractivity contribution in [2.75, 3.05) is 0 Å². The van der Waals surface area contributed by atoms with Gasteiger partial charge in [0.05, 0.1) is 0 Å². The van der Waals surface area contributed by atoms with Crippen molar-refractivity contribution in [1.82, 2.24) is 0 Å². The number of rotatable bonds is 9. The van der Waals surface area contributed by atoms with Crippen LogP contribution in [0.4, 0.5) is 0 Å². The second kappa shape index (κ2) is 11.8. The summed E-state index contributed by atoms with van der Waals surface area (Å²) in [5.41, 5.74) is 5.03. The van der Waals surface area contributed by atoms with Crippen LogP contribution >= 0.6 is 0 Å². The minimum atomic E-state index is -0.212. The summed E-state index contributed by atoms with van der Waals surface area (Å²) < 4.78 is 0. The summed E-state index contributed by atoms with van der Waals surface area (Å²) in [6.07, 6.45) is 18.3. The van der Waals surface area contributed by atoms with Crippen molar-refractivity contribution >= 4 is 5.91 Å². The molecular weight excluding hydrogens is 198 g/mol. The lowest BCUT2D eigenvalue weighted by atomic mass is 10.2. The molecule has 0 aromatic carbocycles. The monoisotopic (exact) mass is 221 g/mol. The van der Waals surface area contributed by atoms with Crippen molar-refractivity contribution in [2.45, 2.75) is 45.4 Å². The molecular formula is C14H23NO. The van der Waals surface area contributed by atoms with Crippen LogP contribution in [0.25, 0.3) is 0 Å². The van der Waals surface area contributed by atoms with E-state index < -0.39 is 0 Å². The Kier molecular flexibility index (Phi) is 10.8. The lowest BCUT2D eigenvalue weighted by molar-refractivity contribution is -0.118. The molecule has 0 atom stereocenters. The SMILES string of the molecule is CC/C=C\C/C=C\C/C=C\CCCC(N)=O. The number of primary amides is 1. The highest BCUT2D eigenvalue weighted by molar-refractivity contribution is 5.73. The zero-order valence-electron chi connectivity index (χ0n) is 10.2. The van der Waals surface area contributed by atoms with Crippen LogP contribution < -0.4 is 5.73 Å². The van der Waals surface area contributed by atoms with E-state index >= 15 is 0 Å². The first-order valence-corrected chi connectivity index (χ1v) is 6.00. The smallest absolute Gasteiger partial charge is 0.217 e. The lowest BCUT2D eigenvalue weighted by Crippen LogP contribution is -2.09. The van der Waals surface area contributed by atoms with E-state index in [0.717, 1.165) is 32.1 Å². The minimum absolute atomic E-state index is 0.212. The molecule has 16 heavy (non-hydrogen) atoms. The molecule has 2 N–H and O–H groups in total. The number of amides is 1. The third-order valence-electron chi connectivity index (χ3n) is 2.07. The Morgan fingerprint density at radius 2 is 1.56 bits per heavy atom. The fraction of sp³-hybridized carbons (Fsp3) is 0.500. The van der Waals surface area contributed by atoms with Gasteiger partial charge in [0.15, 0.2) is 0 Å². The molecule has 0 saturated carbocycles. The van der Waals surface area contributed by atoms with E-state index in [4.69, 9.17) is 5.73 Å². The molecule has 0 unspecified atom stereocenters. The molecule has 0 saturated heterocycles. The predicted molar refractivity (Wildman–Crippen MR) is 70.0 cm³/mol. The van der Waals surface area contributed by atoms with E-state index in [2.05, 4.69) is 43.4 Å². The average molecular weight is 221 g/mol. The largest absolute Gasteiger partial charge is 0.370 e. The van der Waals surface area contributed by atoms with Crippen molar-refractivity contribution < 1.29 is 4.79 Å². The number of unbranched alkanes of at least 4 members (excludes halogenated alkanes) is 1.